The van der Waals surface area contributed by atoms with E-state index in [9.17, 15) is 9.59 Å². The lowest BCUT2D eigenvalue weighted by Crippen LogP contribution is -2.56. The van der Waals surface area contributed by atoms with Gasteiger partial charge in [0.15, 0.2) is 0 Å². The second kappa shape index (κ2) is 6.06. The average molecular weight is 333 g/mol. The first-order valence-electron chi connectivity index (χ1n) is 9.24. The standard InChI is InChI=1S/C18H27N3O3/c1-2-20(10-17(22)23)14-6-13(7-14)19-18(24)21-8-15-11-3-4-12(5-11)16(15)9-21/h3-4,11-16H,2,5-10H2,1H3,(H,19,24)(H,22,23)/t11?,12?,13?,14?,15-,16+. The van der Waals surface area contributed by atoms with Gasteiger partial charge in [0.2, 0.25) is 0 Å². The molecule has 0 spiro atoms. The molecule has 4 atom stereocenters. The molecule has 1 aliphatic heterocycles. The molecule has 6 nitrogen and oxygen atoms in total. The number of aliphatic carboxylic acids is 1. The van der Waals surface area contributed by atoms with E-state index >= 15 is 0 Å². The second-order valence-electron chi connectivity index (χ2n) is 7.91. The van der Waals surface area contributed by atoms with Gasteiger partial charge in [0, 0.05) is 25.2 Å². The highest BCUT2D eigenvalue weighted by Crippen LogP contribution is 2.51. The summed E-state index contributed by atoms with van der Waals surface area (Å²) in [5, 5.41) is 12.1. The van der Waals surface area contributed by atoms with Crippen LogP contribution in [0.3, 0.4) is 0 Å². The van der Waals surface area contributed by atoms with Crippen molar-refractivity contribution in [3.05, 3.63) is 12.2 Å². The van der Waals surface area contributed by atoms with Crippen molar-refractivity contribution in [3.63, 3.8) is 0 Å². The maximum atomic E-state index is 12.5. The van der Waals surface area contributed by atoms with Gasteiger partial charge < -0.3 is 15.3 Å². The van der Waals surface area contributed by atoms with Crippen LogP contribution in [0.2, 0.25) is 0 Å². The zero-order valence-electron chi connectivity index (χ0n) is 14.2. The second-order valence-corrected chi connectivity index (χ2v) is 7.91. The fraction of sp³-hybridized carbons (Fsp3) is 0.778. The van der Waals surface area contributed by atoms with Gasteiger partial charge in [-0.15, -0.1) is 0 Å². The first-order chi connectivity index (χ1) is 11.5. The van der Waals surface area contributed by atoms with Crippen molar-refractivity contribution in [1.29, 1.82) is 0 Å². The molecule has 6 heteroatoms. The molecule has 4 rings (SSSR count). The zero-order valence-corrected chi connectivity index (χ0v) is 14.2. The minimum absolute atomic E-state index is 0.0773. The molecule has 1 saturated heterocycles. The van der Waals surface area contributed by atoms with E-state index in [2.05, 4.69) is 17.5 Å². The summed E-state index contributed by atoms with van der Waals surface area (Å²) in [5.74, 6) is 1.95. The number of hydrogen-bond acceptors (Lipinski definition) is 3. The highest BCUT2D eigenvalue weighted by Gasteiger charge is 2.50. The van der Waals surface area contributed by atoms with E-state index in [0.717, 1.165) is 32.5 Å². The number of likely N-dealkylation sites (N-methyl/N-ethyl adjacent to an activating group) is 1. The molecule has 3 fully saturated rings. The van der Waals surface area contributed by atoms with Gasteiger partial charge in [0.1, 0.15) is 0 Å². The molecule has 2 bridgehead atoms. The van der Waals surface area contributed by atoms with Crippen LogP contribution in [0.1, 0.15) is 26.2 Å². The predicted octanol–water partition coefficient (Wildman–Crippen LogP) is 1.39. The maximum absolute atomic E-state index is 12.5. The third kappa shape index (κ3) is 2.70. The summed E-state index contributed by atoms with van der Waals surface area (Å²) >= 11 is 0. The fourth-order valence-corrected chi connectivity index (χ4v) is 5.26. The third-order valence-corrected chi connectivity index (χ3v) is 6.65. The normalized spacial score (nSPS) is 39.2. The Bertz CT molecular complexity index is 538. The highest BCUT2D eigenvalue weighted by atomic mass is 16.4. The Balaban J connectivity index is 1.23. The quantitative estimate of drug-likeness (QED) is 0.746. The predicted molar refractivity (Wildman–Crippen MR) is 89.5 cm³/mol. The van der Waals surface area contributed by atoms with Gasteiger partial charge >= 0.3 is 12.0 Å². The van der Waals surface area contributed by atoms with Gasteiger partial charge in [-0.3, -0.25) is 9.69 Å². The van der Waals surface area contributed by atoms with Crippen LogP contribution in [0.4, 0.5) is 4.79 Å². The van der Waals surface area contributed by atoms with Crippen LogP contribution in [-0.4, -0.2) is 65.2 Å². The molecule has 2 unspecified atom stereocenters. The van der Waals surface area contributed by atoms with E-state index in [0.29, 0.717) is 23.7 Å². The summed E-state index contributed by atoms with van der Waals surface area (Å²) in [6.07, 6.45) is 7.73. The molecule has 0 radical (unpaired) electrons. The van der Waals surface area contributed by atoms with E-state index in [1.807, 2.05) is 16.7 Å². The summed E-state index contributed by atoms with van der Waals surface area (Å²) in [7, 11) is 0. The largest absolute Gasteiger partial charge is 0.480 e. The molecule has 2 saturated carbocycles. The number of nitrogens with zero attached hydrogens (tertiary/aromatic N) is 2. The Kier molecular flexibility index (Phi) is 4.03. The Morgan fingerprint density at radius 1 is 1.17 bits per heavy atom. The first kappa shape index (κ1) is 15.9. The Morgan fingerprint density at radius 3 is 2.33 bits per heavy atom. The Labute approximate surface area is 142 Å². The Morgan fingerprint density at radius 2 is 1.79 bits per heavy atom. The number of carboxylic acid groups (broad SMARTS) is 1. The molecular weight excluding hydrogens is 306 g/mol. The number of rotatable bonds is 5. The van der Waals surface area contributed by atoms with Crippen LogP contribution in [0, 0.1) is 23.7 Å². The van der Waals surface area contributed by atoms with Crippen molar-refractivity contribution in [2.45, 2.75) is 38.3 Å². The highest BCUT2D eigenvalue weighted by molar-refractivity contribution is 5.75. The summed E-state index contributed by atoms with van der Waals surface area (Å²) in [5.41, 5.74) is 0. The SMILES string of the molecule is CCN(CC(=O)O)C1CC(NC(=O)N2C[C@@H]3C4C=CC(C4)[C@@H]3C2)C1. The van der Waals surface area contributed by atoms with Crippen LogP contribution in [-0.2, 0) is 4.79 Å². The number of carbonyl (C=O) groups is 2. The molecule has 2 N–H and O–H groups in total. The van der Waals surface area contributed by atoms with Crippen molar-refractivity contribution < 1.29 is 14.7 Å². The summed E-state index contributed by atoms with van der Waals surface area (Å²) in [6.45, 7) is 4.62. The molecule has 3 aliphatic carbocycles. The van der Waals surface area contributed by atoms with E-state index in [1.165, 1.54) is 6.42 Å². The topological polar surface area (TPSA) is 72.9 Å². The number of carbonyl (C=O) groups excluding carboxylic acids is 1. The van der Waals surface area contributed by atoms with Crippen LogP contribution >= 0.6 is 0 Å². The third-order valence-electron chi connectivity index (χ3n) is 6.65. The summed E-state index contributed by atoms with van der Waals surface area (Å²) in [4.78, 5) is 27.4. The monoisotopic (exact) mass is 333 g/mol. The van der Waals surface area contributed by atoms with E-state index in [-0.39, 0.29) is 24.7 Å². The van der Waals surface area contributed by atoms with Crippen molar-refractivity contribution >= 4 is 12.0 Å². The molecule has 0 aromatic heterocycles. The fourth-order valence-electron chi connectivity index (χ4n) is 5.26. The summed E-state index contributed by atoms with van der Waals surface area (Å²) < 4.78 is 0. The Hall–Kier alpha value is -1.56. The molecule has 0 aromatic carbocycles. The maximum Gasteiger partial charge on any atom is 0.317 e. The van der Waals surface area contributed by atoms with Gasteiger partial charge in [-0.05, 0) is 49.5 Å². The number of amides is 2. The first-order valence-corrected chi connectivity index (χ1v) is 9.24. The lowest BCUT2D eigenvalue weighted by Gasteiger charge is -2.42. The van der Waals surface area contributed by atoms with Crippen molar-refractivity contribution in [2.75, 3.05) is 26.2 Å². The molecule has 2 amide bonds. The molecule has 0 aromatic rings. The number of nitrogens with one attached hydrogen (secondary N) is 1. The van der Waals surface area contributed by atoms with Gasteiger partial charge in [-0.2, -0.15) is 0 Å². The van der Waals surface area contributed by atoms with Crippen molar-refractivity contribution in [3.8, 4) is 0 Å². The van der Waals surface area contributed by atoms with E-state index in [4.69, 9.17) is 5.11 Å². The van der Waals surface area contributed by atoms with Gasteiger partial charge in [-0.1, -0.05) is 19.1 Å². The van der Waals surface area contributed by atoms with Crippen LogP contribution in [0.15, 0.2) is 12.2 Å². The molecule has 24 heavy (non-hydrogen) atoms. The molecule has 132 valence electrons. The smallest absolute Gasteiger partial charge is 0.317 e. The van der Waals surface area contributed by atoms with E-state index < -0.39 is 5.97 Å². The number of likely N-dealkylation sites (tertiary alicyclic amines) is 1. The van der Waals surface area contributed by atoms with E-state index in [1.54, 1.807) is 0 Å². The van der Waals surface area contributed by atoms with Crippen LogP contribution in [0.5, 0.6) is 0 Å². The van der Waals surface area contributed by atoms with Gasteiger partial charge in [-0.25, -0.2) is 4.79 Å². The number of urea groups is 1. The minimum Gasteiger partial charge on any atom is -0.480 e. The number of fused-ring (bicyclic) bond motifs is 5. The van der Waals surface area contributed by atoms with Crippen molar-refractivity contribution in [1.82, 2.24) is 15.1 Å². The lowest BCUT2D eigenvalue weighted by molar-refractivity contribution is -0.139. The zero-order chi connectivity index (χ0) is 16.8. The van der Waals surface area contributed by atoms with Crippen LogP contribution < -0.4 is 5.32 Å². The van der Waals surface area contributed by atoms with Gasteiger partial charge in [0.05, 0.1) is 6.54 Å². The average Bonchev–Trinajstić information content (AvgIpc) is 3.19. The minimum atomic E-state index is -0.781. The number of allylic oxidation sites excluding steroid dienone is 2. The number of hydrogen-bond donors (Lipinski definition) is 2. The lowest BCUT2D eigenvalue weighted by atomic mass is 9.85. The van der Waals surface area contributed by atoms with Crippen LogP contribution in [0.25, 0.3) is 0 Å². The van der Waals surface area contributed by atoms with Gasteiger partial charge in [0.25, 0.3) is 0 Å². The molecular formula is C18H27N3O3. The summed E-state index contributed by atoms with van der Waals surface area (Å²) in [6, 6.07) is 0.559. The number of carboxylic acids is 1. The molecule has 4 aliphatic rings. The van der Waals surface area contributed by atoms with Crippen molar-refractivity contribution in [2.24, 2.45) is 23.7 Å². The molecule has 1 heterocycles.